The number of para-hydroxylation sites is 3. The number of benzene rings is 3. The van der Waals surface area contributed by atoms with Crippen LogP contribution in [0.4, 0.5) is 21.0 Å². The summed E-state index contributed by atoms with van der Waals surface area (Å²) < 4.78 is 22.7. The summed E-state index contributed by atoms with van der Waals surface area (Å²) in [5.74, 6) is -2.45. The molecule has 3 spiro atoms. The molecule has 3 aromatic carbocycles. The topological polar surface area (TPSA) is 360 Å². The molecule has 3 unspecified atom stereocenters. The van der Waals surface area contributed by atoms with Crippen molar-refractivity contribution in [3.63, 3.8) is 0 Å². The zero-order valence-electron chi connectivity index (χ0n) is 66.4. The number of ether oxygens (including phenoxy) is 2. The first-order valence-corrected chi connectivity index (χ1v) is 38.1. The summed E-state index contributed by atoms with van der Waals surface area (Å²) in [6.07, 6.45) is 7.58. The first kappa shape index (κ1) is 84.6. The average molecular weight is 1580 g/mol. The molecule has 112 heavy (non-hydrogen) atoms. The number of carbonyl (C=O) groups is 11. The Labute approximate surface area is 660 Å². The van der Waals surface area contributed by atoms with Crippen LogP contribution in [-0.2, 0) is 86.0 Å². The molecule has 5 aromatic rings. The van der Waals surface area contributed by atoms with Gasteiger partial charge < -0.3 is 54.6 Å². The second-order valence-electron chi connectivity index (χ2n) is 32.7. The maximum absolute atomic E-state index is 13.3. The number of rotatable bonds is 9. The number of fused-ring (bicyclic) bond motifs is 3. The van der Waals surface area contributed by atoms with E-state index in [1.807, 2.05) is 103 Å². The monoisotopic (exact) mass is 1570 g/mol. The molecule has 10 amide bonds. The molecule has 10 aliphatic rings. The number of nitrogens with zero attached hydrogens (tertiary/aromatic N) is 10. The van der Waals surface area contributed by atoms with Crippen molar-refractivity contribution in [2.75, 3.05) is 95.4 Å². The molecule has 12 heterocycles. The summed E-state index contributed by atoms with van der Waals surface area (Å²) in [5.41, 5.74) is 5.33. The Balaban J connectivity index is 0.000000176. The number of aryl methyl sites for hydroxylation is 2. The molecule has 2 aromatic heterocycles. The van der Waals surface area contributed by atoms with Crippen molar-refractivity contribution in [1.29, 1.82) is 0 Å². The highest BCUT2D eigenvalue weighted by Gasteiger charge is 2.50. The van der Waals surface area contributed by atoms with Crippen LogP contribution in [0.2, 0.25) is 0 Å². The van der Waals surface area contributed by atoms with Crippen molar-refractivity contribution in [2.24, 2.45) is 30.3 Å². The van der Waals surface area contributed by atoms with Crippen LogP contribution in [0.5, 0.6) is 0 Å². The predicted octanol–water partition coefficient (Wildman–Crippen LogP) is 6.33. The molecule has 9 fully saturated rings. The third kappa shape index (κ3) is 18.4. The number of amides is 10. The fourth-order valence-corrected chi connectivity index (χ4v) is 16.8. The minimum Gasteiger partial charge on any atom is -0.481 e. The van der Waals surface area contributed by atoms with E-state index in [0.717, 1.165) is 113 Å². The van der Waals surface area contributed by atoms with Gasteiger partial charge in [-0.25, -0.2) is 19.2 Å². The van der Waals surface area contributed by atoms with E-state index in [2.05, 4.69) is 33.2 Å². The molecule has 3 atom stereocenters. The van der Waals surface area contributed by atoms with Gasteiger partial charge in [-0.15, -0.1) is 12.4 Å². The van der Waals surface area contributed by atoms with E-state index in [1.54, 1.807) is 50.2 Å². The minimum atomic E-state index is -1.00. The van der Waals surface area contributed by atoms with E-state index in [9.17, 15) is 62.3 Å². The number of nitrogens with one attached hydrogen (secondary N) is 5. The lowest BCUT2D eigenvalue weighted by Gasteiger charge is -2.54. The lowest BCUT2D eigenvalue weighted by Crippen LogP contribution is -2.62. The first-order valence-electron chi connectivity index (χ1n) is 38.8. The van der Waals surface area contributed by atoms with Crippen LogP contribution < -0.4 is 47.8 Å². The van der Waals surface area contributed by atoms with Gasteiger partial charge in [0.05, 0.1) is 52.7 Å². The quantitative estimate of drug-likeness (QED) is 0.0878. The summed E-state index contributed by atoms with van der Waals surface area (Å²) in [5, 5.41) is 22.7. The van der Waals surface area contributed by atoms with Crippen LogP contribution in [0, 0.1) is 16.2 Å². The van der Waals surface area contributed by atoms with Gasteiger partial charge in [-0.05, 0) is 153 Å². The van der Waals surface area contributed by atoms with Gasteiger partial charge in [-0.2, -0.15) is 0 Å². The molecule has 10 aliphatic heterocycles. The largest absolute Gasteiger partial charge is 0.481 e. The Kier molecular flexibility index (Phi) is 26.1. The molecule has 0 saturated carbocycles. The molecule has 6 N–H and O–H groups in total. The third-order valence-corrected chi connectivity index (χ3v) is 22.7. The summed E-state index contributed by atoms with van der Waals surface area (Å²) in [4.78, 5) is 170. The van der Waals surface area contributed by atoms with Crippen molar-refractivity contribution in [1.82, 2.24) is 64.5 Å². The van der Waals surface area contributed by atoms with Gasteiger partial charge >= 0.3 is 29.5 Å². The molecule has 0 bridgehead atoms. The fraction of sp³-hybridized carbons (Fsp3) is 0.588. The second kappa shape index (κ2) is 34.6. The Morgan fingerprint density at radius 3 is 1.30 bits per heavy atom. The fourth-order valence-electron chi connectivity index (χ4n) is 16.8. The molecular formula is C80H112ClN15O16. The first-order chi connectivity index (χ1) is 52.5. The van der Waals surface area contributed by atoms with Gasteiger partial charge in [0.2, 0.25) is 47.3 Å². The van der Waals surface area contributed by atoms with Gasteiger partial charge in [-0.1, -0.05) is 64.2 Å². The maximum Gasteiger partial charge on any atom is 0.410 e. The Morgan fingerprint density at radius 1 is 0.536 bits per heavy atom. The SMILES string of the molecule is C.C=C1N(C)c2c(CC(=O)N3CC4(CCN(C(=O)OC(C)(C)C)CC4)C3)cccc2N1C1CCC(=O)NC1=O.CC(C)(C)OC(=O)N1CCC2(CC1)CNC2.Cl.Cn1c(=O)n(C2CCC(=O)NC2=O)c2cccc(CC(=O)N3CC4(CCNCC4)C3)c21.Cn1c(=O)n(C2CCC(=O)NC2=O)c2cccc(CC(=O)O)c21.[2H]CC. The summed E-state index contributed by atoms with van der Waals surface area (Å²) in [6.45, 7) is 28.1. The number of piperidine rings is 6. The Morgan fingerprint density at radius 2 is 0.911 bits per heavy atom. The molecule has 0 radical (unpaired) electrons. The highest BCUT2D eigenvalue weighted by molar-refractivity contribution is 6.04. The minimum absolute atomic E-state index is 0. The molecule has 31 nitrogen and oxygen atoms in total. The second-order valence-corrected chi connectivity index (χ2v) is 32.7. The third-order valence-electron chi connectivity index (χ3n) is 22.7. The van der Waals surface area contributed by atoms with Gasteiger partial charge in [0.1, 0.15) is 35.1 Å². The van der Waals surface area contributed by atoms with Gasteiger partial charge in [0.25, 0.3) is 0 Å². The number of halogens is 1. The summed E-state index contributed by atoms with van der Waals surface area (Å²) in [6, 6.07) is 14.2. The molecular weight excluding hydrogens is 1460 g/mol. The smallest absolute Gasteiger partial charge is 0.410 e. The van der Waals surface area contributed by atoms with E-state index >= 15 is 0 Å². The molecule has 9 saturated heterocycles. The van der Waals surface area contributed by atoms with Crippen LogP contribution in [0.1, 0.15) is 170 Å². The van der Waals surface area contributed by atoms with Gasteiger partial charge in [0, 0.05) is 118 Å². The van der Waals surface area contributed by atoms with Crippen LogP contribution >= 0.6 is 12.4 Å². The van der Waals surface area contributed by atoms with Crippen LogP contribution in [0.3, 0.4) is 0 Å². The summed E-state index contributed by atoms with van der Waals surface area (Å²) in [7, 11) is 5.09. The number of aromatic nitrogens is 4. The number of carboxylic acids is 1. The van der Waals surface area contributed by atoms with Gasteiger partial charge in [-0.3, -0.25) is 77.4 Å². The average Bonchev–Trinajstić information content (AvgIpc) is 1.58. The standard InChI is InChI=1S/C28H37N5O5.C22H27N5O4.C15H15N3O5.C12H22N2O2.C2H6.CH4.ClH/c1-18-30(5)24-19(7-6-8-20(24)33(18)21-9-10-22(34)29-25(21)36)15-23(35)32-16-28(17-32)11-13-31(14-12-28)26(37)38-27(2,3)4;1-25-19-14(11-18(29)26-12-22(13-26)7-9-23-10-8-22)3-2-4-15(19)27(21(25)31)16-5-6-17(28)24-20(16)30;1-17-13-8(7-12(20)21)3-2-4-9(13)18(15(17)23)10-5-6-11(19)16-14(10)22;1-11(2,3)16-10(15)14-6-4-12(5-7-14)8-13-9-12;1-2;;/h6-8,21H,1,9-17H2,2-5H3,(H,29,34,36);2-4,16,23H,5-13H2,1H3,(H,24,28,30);2-4,10H,5-7H2,1H3,(H,20,21)(H,16,19,22);13H,4-9H2,1-3H3;1-2H3;1H4;1H/i;;;;1D;;. The number of carboxylic acid groups (broad SMARTS) is 1. The normalized spacial score (nSPS) is 21.5. The van der Waals surface area contributed by atoms with Crippen LogP contribution in [-0.4, -0.2) is 211 Å². The van der Waals surface area contributed by atoms with Gasteiger partial charge in [0.15, 0.2) is 0 Å². The Bertz CT molecular complexity index is 4600. The highest BCUT2D eigenvalue weighted by atomic mass is 35.5. The highest BCUT2D eigenvalue weighted by Crippen LogP contribution is 2.47. The van der Waals surface area contributed by atoms with Crippen molar-refractivity contribution in [3.05, 3.63) is 105 Å². The molecule has 610 valence electrons. The van der Waals surface area contributed by atoms with E-state index in [1.165, 1.54) is 18.3 Å². The van der Waals surface area contributed by atoms with Crippen molar-refractivity contribution in [2.45, 2.75) is 188 Å². The molecule has 15 rings (SSSR count). The van der Waals surface area contributed by atoms with Crippen LogP contribution in [0.25, 0.3) is 22.1 Å². The van der Waals surface area contributed by atoms with E-state index in [-0.39, 0.29) is 141 Å². The zero-order valence-corrected chi connectivity index (χ0v) is 66.2. The number of likely N-dealkylation sites (tertiary alicyclic amines) is 4. The molecule has 0 aliphatic carbocycles. The predicted molar refractivity (Wildman–Crippen MR) is 423 cm³/mol. The number of carbonyl (C=O) groups excluding carboxylic acids is 10. The number of anilines is 2. The van der Waals surface area contributed by atoms with Crippen molar-refractivity contribution < 1.29 is 68.7 Å². The number of aliphatic carboxylic acids is 1. The number of imidazole rings is 2. The van der Waals surface area contributed by atoms with Crippen LogP contribution in [0.15, 0.2) is 76.6 Å². The van der Waals surface area contributed by atoms with E-state index in [4.69, 9.17) is 16.0 Å². The lowest BCUT2D eigenvalue weighted by molar-refractivity contribution is -0.146. The Hall–Kier alpha value is -9.88. The number of hydrogen-bond donors (Lipinski definition) is 6. The number of imide groups is 3. The maximum atomic E-state index is 13.3. The molecule has 32 heteroatoms. The van der Waals surface area contributed by atoms with Crippen molar-refractivity contribution >= 4 is 111 Å². The lowest BCUT2D eigenvalue weighted by atomic mass is 9.72. The van der Waals surface area contributed by atoms with Crippen molar-refractivity contribution in [3.8, 4) is 0 Å². The zero-order chi connectivity index (χ0) is 80.4. The van der Waals surface area contributed by atoms with E-state index < -0.39 is 47.2 Å². The van der Waals surface area contributed by atoms with E-state index in [0.29, 0.717) is 78.4 Å². The summed E-state index contributed by atoms with van der Waals surface area (Å²) >= 11 is 0. The number of hydrogen-bond acceptors (Lipinski definition) is 19.